The van der Waals surface area contributed by atoms with Gasteiger partial charge in [-0.3, -0.25) is 0 Å². The van der Waals surface area contributed by atoms with Crippen LogP contribution in [0.1, 0.15) is 17.1 Å². The fraction of sp³-hybridized carbons (Fsp3) is 0.600. The van der Waals surface area contributed by atoms with Gasteiger partial charge in [0.05, 0.1) is 26.4 Å². The first-order valence-electron chi connectivity index (χ1n) is 4.77. The molecule has 2 rings (SSSR count). The average Bonchev–Trinajstić information content (AvgIpc) is 2.45. The van der Waals surface area contributed by atoms with Gasteiger partial charge < -0.3 is 19.6 Å². The Morgan fingerprint density at radius 2 is 2.36 bits per heavy atom. The van der Waals surface area contributed by atoms with Crippen LogP contribution in [0, 0.1) is 6.92 Å². The Labute approximate surface area is 83.0 Å². The van der Waals surface area contributed by atoms with Gasteiger partial charge in [0.1, 0.15) is 17.6 Å². The molecule has 0 radical (unpaired) electrons. The van der Waals surface area contributed by atoms with E-state index in [-0.39, 0.29) is 6.10 Å². The van der Waals surface area contributed by atoms with Crippen LogP contribution in [-0.4, -0.2) is 19.3 Å². The summed E-state index contributed by atoms with van der Waals surface area (Å²) in [7, 11) is 0. The first-order chi connectivity index (χ1) is 6.79. The largest absolute Gasteiger partial charge is 0.465 e. The third-order valence-electron chi connectivity index (χ3n) is 2.35. The molecule has 0 unspecified atom stereocenters. The van der Waals surface area contributed by atoms with Crippen LogP contribution in [0.3, 0.4) is 0 Å². The summed E-state index contributed by atoms with van der Waals surface area (Å²) in [6.07, 6.45) is 0.255. The molecule has 2 heterocycles. The minimum Gasteiger partial charge on any atom is -0.465 e. The summed E-state index contributed by atoms with van der Waals surface area (Å²) in [5, 5.41) is 0. The van der Waals surface area contributed by atoms with Gasteiger partial charge >= 0.3 is 0 Å². The maximum absolute atomic E-state index is 5.58. The molecule has 0 bridgehead atoms. The Morgan fingerprint density at radius 3 is 2.86 bits per heavy atom. The zero-order valence-electron chi connectivity index (χ0n) is 8.29. The first kappa shape index (κ1) is 9.71. The Kier molecular flexibility index (Phi) is 2.86. The summed E-state index contributed by atoms with van der Waals surface area (Å²) in [6, 6.07) is 1.95. The van der Waals surface area contributed by atoms with Gasteiger partial charge in [-0.15, -0.1) is 0 Å². The van der Waals surface area contributed by atoms with Crippen LogP contribution in [0.2, 0.25) is 0 Å². The smallest absolute Gasteiger partial charge is 0.118 e. The summed E-state index contributed by atoms with van der Waals surface area (Å²) in [6.45, 7) is 4.37. The quantitative estimate of drug-likeness (QED) is 0.781. The zero-order chi connectivity index (χ0) is 9.97. The van der Waals surface area contributed by atoms with Gasteiger partial charge in [-0.05, 0) is 13.0 Å². The van der Waals surface area contributed by atoms with E-state index >= 15 is 0 Å². The Morgan fingerprint density at radius 1 is 1.57 bits per heavy atom. The summed E-state index contributed by atoms with van der Waals surface area (Å²) < 4.78 is 16.0. The van der Waals surface area contributed by atoms with Crippen molar-refractivity contribution in [1.29, 1.82) is 0 Å². The van der Waals surface area contributed by atoms with Crippen molar-refractivity contribution >= 4 is 0 Å². The normalized spacial score (nSPS) is 17.0. The fourth-order valence-electron chi connectivity index (χ4n) is 1.35. The van der Waals surface area contributed by atoms with Gasteiger partial charge in [0.25, 0.3) is 0 Å². The molecule has 1 aliphatic rings. The molecule has 0 amide bonds. The lowest BCUT2D eigenvalue weighted by atomic mass is 10.2. The lowest BCUT2D eigenvalue weighted by Crippen LogP contribution is -2.35. The van der Waals surface area contributed by atoms with Crippen LogP contribution in [0.15, 0.2) is 10.5 Å². The molecular formula is C10H15NO3. The van der Waals surface area contributed by atoms with Crippen LogP contribution >= 0.6 is 0 Å². The second-order valence-electron chi connectivity index (χ2n) is 3.47. The molecule has 1 saturated heterocycles. The van der Waals surface area contributed by atoms with E-state index in [0.717, 1.165) is 17.1 Å². The van der Waals surface area contributed by atoms with Crippen LogP contribution in [0.5, 0.6) is 0 Å². The maximum atomic E-state index is 5.58. The van der Waals surface area contributed by atoms with Crippen molar-refractivity contribution in [3.8, 4) is 0 Å². The summed E-state index contributed by atoms with van der Waals surface area (Å²) in [4.78, 5) is 0. The molecule has 1 aliphatic heterocycles. The molecule has 0 aliphatic carbocycles. The van der Waals surface area contributed by atoms with E-state index in [0.29, 0.717) is 26.4 Å². The Hall–Kier alpha value is -0.840. The third-order valence-corrected chi connectivity index (χ3v) is 2.35. The van der Waals surface area contributed by atoms with E-state index in [1.807, 2.05) is 13.0 Å². The van der Waals surface area contributed by atoms with Crippen LogP contribution in [0.4, 0.5) is 0 Å². The predicted molar refractivity (Wildman–Crippen MR) is 50.7 cm³/mol. The van der Waals surface area contributed by atoms with E-state index < -0.39 is 0 Å². The van der Waals surface area contributed by atoms with Gasteiger partial charge in [-0.25, -0.2) is 0 Å². The standard InChI is InChI=1S/C10H15NO3/c1-7-8(2-9(3-11)14-7)4-13-10-5-12-6-10/h2,10H,3-6,11H2,1H3. The number of furan rings is 1. The molecule has 4 nitrogen and oxygen atoms in total. The Balaban J connectivity index is 1.90. The maximum Gasteiger partial charge on any atom is 0.118 e. The Bertz CT molecular complexity index is 304. The van der Waals surface area contributed by atoms with Gasteiger partial charge in [-0.1, -0.05) is 0 Å². The highest BCUT2D eigenvalue weighted by Gasteiger charge is 2.19. The molecular weight excluding hydrogens is 182 g/mol. The molecule has 0 saturated carbocycles. The van der Waals surface area contributed by atoms with Gasteiger partial charge in [0, 0.05) is 5.56 Å². The topological polar surface area (TPSA) is 57.6 Å². The van der Waals surface area contributed by atoms with Gasteiger partial charge in [0.15, 0.2) is 0 Å². The molecule has 0 atom stereocenters. The molecule has 1 fully saturated rings. The number of hydrogen-bond acceptors (Lipinski definition) is 4. The van der Waals surface area contributed by atoms with Crippen molar-refractivity contribution in [3.05, 3.63) is 23.2 Å². The van der Waals surface area contributed by atoms with Crippen molar-refractivity contribution in [3.63, 3.8) is 0 Å². The SMILES string of the molecule is Cc1oc(CN)cc1COC1COC1. The van der Waals surface area contributed by atoms with Gasteiger partial charge in [0.2, 0.25) is 0 Å². The number of aryl methyl sites for hydroxylation is 1. The first-order valence-corrected chi connectivity index (χ1v) is 4.77. The highest BCUT2D eigenvalue weighted by Crippen LogP contribution is 2.17. The van der Waals surface area contributed by atoms with Crippen LogP contribution in [0.25, 0.3) is 0 Å². The van der Waals surface area contributed by atoms with Crippen molar-refractivity contribution in [2.75, 3.05) is 13.2 Å². The monoisotopic (exact) mass is 197 g/mol. The van der Waals surface area contributed by atoms with Crippen LogP contribution in [-0.2, 0) is 22.6 Å². The second-order valence-corrected chi connectivity index (χ2v) is 3.47. The number of hydrogen-bond donors (Lipinski definition) is 1. The van der Waals surface area contributed by atoms with Crippen molar-refractivity contribution in [2.45, 2.75) is 26.2 Å². The predicted octanol–water partition coefficient (Wildman–Crippen LogP) is 0.962. The molecule has 1 aromatic rings. The number of rotatable bonds is 4. The summed E-state index contributed by atoms with van der Waals surface area (Å²) >= 11 is 0. The molecule has 14 heavy (non-hydrogen) atoms. The van der Waals surface area contributed by atoms with E-state index in [1.165, 1.54) is 0 Å². The highest BCUT2D eigenvalue weighted by atomic mass is 16.6. The minimum absolute atomic E-state index is 0.255. The van der Waals surface area contributed by atoms with E-state index in [1.54, 1.807) is 0 Å². The highest BCUT2D eigenvalue weighted by molar-refractivity contribution is 5.19. The van der Waals surface area contributed by atoms with Crippen molar-refractivity contribution in [1.82, 2.24) is 0 Å². The molecule has 4 heteroatoms. The van der Waals surface area contributed by atoms with Crippen molar-refractivity contribution in [2.24, 2.45) is 5.73 Å². The summed E-state index contributed by atoms with van der Waals surface area (Å²) in [5.41, 5.74) is 6.55. The third kappa shape index (κ3) is 1.97. The number of ether oxygens (including phenoxy) is 2. The van der Waals surface area contributed by atoms with E-state index in [4.69, 9.17) is 19.6 Å². The minimum atomic E-state index is 0.255. The molecule has 78 valence electrons. The zero-order valence-corrected chi connectivity index (χ0v) is 8.29. The molecule has 2 N–H and O–H groups in total. The summed E-state index contributed by atoms with van der Waals surface area (Å²) in [5.74, 6) is 1.71. The van der Waals surface area contributed by atoms with Gasteiger partial charge in [-0.2, -0.15) is 0 Å². The van der Waals surface area contributed by atoms with E-state index in [2.05, 4.69) is 0 Å². The lowest BCUT2D eigenvalue weighted by molar-refractivity contribution is -0.135. The average molecular weight is 197 g/mol. The van der Waals surface area contributed by atoms with Crippen LogP contribution < -0.4 is 5.73 Å². The molecule has 1 aromatic heterocycles. The number of nitrogens with two attached hydrogens (primary N) is 1. The van der Waals surface area contributed by atoms with E-state index in [9.17, 15) is 0 Å². The fourth-order valence-corrected chi connectivity index (χ4v) is 1.35. The van der Waals surface area contributed by atoms with Crippen molar-refractivity contribution < 1.29 is 13.9 Å². The lowest BCUT2D eigenvalue weighted by Gasteiger charge is -2.25. The second kappa shape index (κ2) is 4.13. The molecule has 0 spiro atoms. The molecule has 0 aromatic carbocycles.